The molecule has 7 heteroatoms. The number of benzene rings is 1. The second-order valence-electron chi connectivity index (χ2n) is 7.66. The predicted molar refractivity (Wildman–Crippen MR) is 118 cm³/mol. The van der Waals surface area contributed by atoms with E-state index in [2.05, 4.69) is 20.2 Å². The van der Waals surface area contributed by atoms with Crippen LogP contribution in [-0.4, -0.2) is 48.7 Å². The van der Waals surface area contributed by atoms with Gasteiger partial charge in [0.25, 0.3) is 5.91 Å². The molecule has 0 spiro atoms. The smallest absolute Gasteiger partial charge is 0.253 e. The highest BCUT2D eigenvalue weighted by atomic mass is 19.1. The summed E-state index contributed by atoms with van der Waals surface area (Å²) in [5.41, 5.74) is 5.57. The number of halogens is 1. The number of hydrogen-bond donors (Lipinski definition) is 2. The Morgan fingerprint density at radius 1 is 1.13 bits per heavy atom. The Balaban J connectivity index is 1.44. The Morgan fingerprint density at radius 2 is 2.00 bits per heavy atom. The largest absolute Gasteiger partial charge is 0.378 e. The SMILES string of the molecule is O=C1NCCc2[nH]c(-c3ccnc(/C=C/c4c(F)cccc4N4CCOCC4)c3)cc21. The molecule has 2 aliphatic rings. The fourth-order valence-electron chi connectivity index (χ4n) is 4.10. The van der Waals surface area contributed by atoms with Gasteiger partial charge in [-0.05, 0) is 42.5 Å². The Hall–Kier alpha value is -3.45. The van der Waals surface area contributed by atoms with Gasteiger partial charge in [0, 0.05) is 60.5 Å². The Morgan fingerprint density at radius 3 is 2.84 bits per heavy atom. The van der Waals surface area contributed by atoms with Gasteiger partial charge in [0.2, 0.25) is 0 Å². The highest BCUT2D eigenvalue weighted by Gasteiger charge is 2.20. The molecule has 1 saturated heterocycles. The first kappa shape index (κ1) is 19.5. The average molecular weight is 418 g/mol. The number of pyridine rings is 1. The molecule has 2 aromatic heterocycles. The van der Waals surface area contributed by atoms with E-state index in [0.717, 1.165) is 42.1 Å². The topological polar surface area (TPSA) is 70.2 Å². The molecule has 31 heavy (non-hydrogen) atoms. The van der Waals surface area contributed by atoms with Crippen LogP contribution in [0.1, 0.15) is 27.3 Å². The van der Waals surface area contributed by atoms with Crippen LogP contribution in [0.5, 0.6) is 0 Å². The molecule has 0 aliphatic carbocycles. The fraction of sp³-hybridized carbons (Fsp3) is 0.250. The van der Waals surface area contributed by atoms with E-state index in [0.29, 0.717) is 36.6 Å². The number of H-pyrrole nitrogens is 1. The summed E-state index contributed by atoms with van der Waals surface area (Å²) in [6.07, 6.45) is 6.11. The van der Waals surface area contributed by atoms with Crippen molar-refractivity contribution in [3.8, 4) is 11.3 Å². The molecule has 0 bridgehead atoms. The number of morpholine rings is 1. The number of rotatable bonds is 4. The minimum atomic E-state index is -0.264. The zero-order chi connectivity index (χ0) is 21.2. The number of fused-ring (bicyclic) bond motifs is 1. The first-order chi connectivity index (χ1) is 15.2. The molecular weight excluding hydrogens is 395 g/mol. The molecule has 4 heterocycles. The molecule has 2 aliphatic heterocycles. The van der Waals surface area contributed by atoms with Crippen molar-refractivity contribution in [3.05, 3.63) is 70.9 Å². The summed E-state index contributed by atoms with van der Waals surface area (Å²) in [4.78, 5) is 22.0. The third-order valence-electron chi connectivity index (χ3n) is 5.70. The number of carbonyl (C=O) groups excluding carboxylic acids is 1. The lowest BCUT2D eigenvalue weighted by Crippen LogP contribution is -2.36. The van der Waals surface area contributed by atoms with Crippen LogP contribution >= 0.6 is 0 Å². The van der Waals surface area contributed by atoms with E-state index < -0.39 is 0 Å². The van der Waals surface area contributed by atoms with Gasteiger partial charge in [0.1, 0.15) is 5.82 Å². The van der Waals surface area contributed by atoms with Crippen LogP contribution in [0, 0.1) is 5.82 Å². The molecular formula is C24H23FN4O2. The molecule has 0 atom stereocenters. The molecule has 3 aromatic rings. The third kappa shape index (κ3) is 3.96. The highest BCUT2D eigenvalue weighted by Crippen LogP contribution is 2.27. The lowest BCUT2D eigenvalue weighted by Gasteiger charge is -2.30. The molecule has 1 fully saturated rings. The van der Waals surface area contributed by atoms with Crippen molar-refractivity contribution in [2.24, 2.45) is 0 Å². The van der Waals surface area contributed by atoms with E-state index in [1.807, 2.05) is 30.3 Å². The van der Waals surface area contributed by atoms with Gasteiger partial charge in [-0.15, -0.1) is 0 Å². The summed E-state index contributed by atoms with van der Waals surface area (Å²) in [6, 6.07) is 10.9. The standard InChI is InChI=1S/C24H23FN4O2/c25-20-2-1-3-23(29-10-12-31-13-11-29)18(20)5-4-17-14-16(6-8-26-17)22-15-19-21(28-22)7-9-27-24(19)30/h1-6,8,14-15,28H,7,9-13H2,(H,27,30)/b5-4+. The van der Waals surface area contributed by atoms with E-state index in [1.165, 1.54) is 6.07 Å². The number of anilines is 1. The summed E-state index contributed by atoms with van der Waals surface area (Å²) in [6.45, 7) is 3.40. The van der Waals surface area contributed by atoms with Crippen molar-refractivity contribution in [2.75, 3.05) is 37.7 Å². The second kappa shape index (κ2) is 8.35. The molecule has 0 saturated carbocycles. The zero-order valence-electron chi connectivity index (χ0n) is 17.0. The van der Waals surface area contributed by atoms with Crippen LogP contribution in [0.4, 0.5) is 10.1 Å². The summed E-state index contributed by atoms with van der Waals surface area (Å²) in [5.74, 6) is -0.312. The normalized spacial score (nSPS) is 16.4. The van der Waals surface area contributed by atoms with Gasteiger partial charge in [0.15, 0.2) is 0 Å². The molecule has 2 N–H and O–H groups in total. The van der Waals surface area contributed by atoms with Gasteiger partial charge >= 0.3 is 0 Å². The van der Waals surface area contributed by atoms with Crippen LogP contribution in [0.3, 0.4) is 0 Å². The second-order valence-corrected chi connectivity index (χ2v) is 7.66. The van der Waals surface area contributed by atoms with Crippen LogP contribution in [0.15, 0.2) is 42.6 Å². The van der Waals surface area contributed by atoms with Gasteiger partial charge in [0.05, 0.1) is 24.5 Å². The fourth-order valence-corrected chi connectivity index (χ4v) is 4.10. The third-order valence-corrected chi connectivity index (χ3v) is 5.70. The molecule has 0 unspecified atom stereocenters. The maximum atomic E-state index is 14.6. The lowest BCUT2D eigenvalue weighted by molar-refractivity contribution is 0.0946. The summed E-state index contributed by atoms with van der Waals surface area (Å²) in [7, 11) is 0. The average Bonchev–Trinajstić information content (AvgIpc) is 3.25. The van der Waals surface area contributed by atoms with E-state index >= 15 is 0 Å². The quantitative estimate of drug-likeness (QED) is 0.680. The monoisotopic (exact) mass is 418 g/mol. The van der Waals surface area contributed by atoms with Crippen LogP contribution in [0.2, 0.25) is 0 Å². The van der Waals surface area contributed by atoms with E-state index in [9.17, 15) is 9.18 Å². The maximum Gasteiger partial charge on any atom is 0.253 e. The molecule has 6 nitrogen and oxygen atoms in total. The van der Waals surface area contributed by atoms with Crippen LogP contribution in [0.25, 0.3) is 23.4 Å². The first-order valence-corrected chi connectivity index (χ1v) is 10.4. The van der Waals surface area contributed by atoms with E-state index in [-0.39, 0.29) is 11.7 Å². The lowest BCUT2D eigenvalue weighted by atomic mass is 10.1. The summed E-state index contributed by atoms with van der Waals surface area (Å²) < 4.78 is 20.1. The van der Waals surface area contributed by atoms with Crippen molar-refractivity contribution >= 4 is 23.7 Å². The minimum absolute atomic E-state index is 0.0480. The minimum Gasteiger partial charge on any atom is -0.378 e. The molecule has 5 rings (SSSR count). The molecule has 1 aromatic carbocycles. The van der Waals surface area contributed by atoms with Crippen molar-refractivity contribution in [1.82, 2.24) is 15.3 Å². The number of aromatic amines is 1. The Labute approximate surface area is 179 Å². The zero-order valence-corrected chi connectivity index (χ0v) is 17.0. The van der Waals surface area contributed by atoms with Crippen molar-refractivity contribution in [2.45, 2.75) is 6.42 Å². The number of hydrogen-bond acceptors (Lipinski definition) is 4. The van der Waals surface area contributed by atoms with E-state index in [1.54, 1.807) is 18.3 Å². The summed E-state index contributed by atoms with van der Waals surface area (Å²) >= 11 is 0. The molecule has 0 radical (unpaired) electrons. The van der Waals surface area contributed by atoms with Gasteiger partial charge in [-0.3, -0.25) is 9.78 Å². The van der Waals surface area contributed by atoms with Gasteiger partial charge in [-0.25, -0.2) is 4.39 Å². The Kier molecular flexibility index (Phi) is 5.26. The highest BCUT2D eigenvalue weighted by molar-refractivity contribution is 5.97. The number of nitrogens with zero attached hydrogens (tertiary/aromatic N) is 2. The number of ether oxygens (including phenoxy) is 1. The van der Waals surface area contributed by atoms with Crippen molar-refractivity contribution < 1.29 is 13.9 Å². The van der Waals surface area contributed by atoms with E-state index in [4.69, 9.17) is 4.74 Å². The number of aromatic nitrogens is 2. The molecule has 158 valence electrons. The summed E-state index contributed by atoms with van der Waals surface area (Å²) in [5, 5.41) is 2.86. The van der Waals surface area contributed by atoms with Crippen molar-refractivity contribution in [1.29, 1.82) is 0 Å². The van der Waals surface area contributed by atoms with Crippen LogP contribution < -0.4 is 10.2 Å². The first-order valence-electron chi connectivity index (χ1n) is 10.4. The number of amides is 1. The molecule has 1 amide bonds. The Bertz CT molecular complexity index is 1150. The van der Waals surface area contributed by atoms with Crippen molar-refractivity contribution in [3.63, 3.8) is 0 Å². The van der Waals surface area contributed by atoms with Gasteiger partial charge in [-0.2, -0.15) is 0 Å². The maximum absolute atomic E-state index is 14.6. The van der Waals surface area contributed by atoms with Gasteiger partial charge in [-0.1, -0.05) is 6.07 Å². The van der Waals surface area contributed by atoms with Crippen LogP contribution in [-0.2, 0) is 11.2 Å². The number of carbonyl (C=O) groups is 1. The number of nitrogens with one attached hydrogen (secondary N) is 2. The predicted octanol–water partition coefficient (Wildman–Crippen LogP) is 3.51. The van der Waals surface area contributed by atoms with Gasteiger partial charge < -0.3 is 19.9 Å².